The van der Waals surface area contributed by atoms with Crippen LogP contribution in [0.15, 0.2) is 12.2 Å². The van der Waals surface area contributed by atoms with Crippen molar-refractivity contribution in [2.75, 3.05) is 13.1 Å². The van der Waals surface area contributed by atoms with E-state index < -0.39 is 5.60 Å². The van der Waals surface area contributed by atoms with E-state index in [1.165, 1.54) is 0 Å². The summed E-state index contributed by atoms with van der Waals surface area (Å²) in [5.74, 6) is 0. The van der Waals surface area contributed by atoms with Crippen LogP contribution in [-0.4, -0.2) is 34.5 Å². The van der Waals surface area contributed by atoms with Crippen LogP contribution >= 0.6 is 15.9 Å². The second kappa shape index (κ2) is 4.34. The molecule has 0 N–H and O–H groups in total. The third-order valence-electron chi connectivity index (χ3n) is 1.72. The van der Waals surface area contributed by atoms with Crippen LogP contribution in [0.1, 0.15) is 20.8 Å². The third-order valence-corrected chi connectivity index (χ3v) is 2.31. The summed E-state index contributed by atoms with van der Waals surface area (Å²) in [6.45, 7) is 6.92. The second-order valence-electron chi connectivity index (χ2n) is 4.33. The zero-order valence-corrected chi connectivity index (χ0v) is 10.4. The summed E-state index contributed by atoms with van der Waals surface area (Å²) >= 11 is 3.44. The van der Waals surface area contributed by atoms with E-state index >= 15 is 0 Å². The van der Waals surface area contributed by atoms with Crippen LogP contribution in [0.5, 0.6) is 0 Å². The van der Waals surface area contributed by atoms with Gasteiger partial charge in [-0.1, -0.05) is 28.1 Å². The van der Waals surface area contributed by atoms with Crippen LogP contribution in [0, 0.1) is 0 Å². The highest BCUT2D eigenvalue weighted by atomic mass is 79.9. The molecule has 1 atom stereocenters. The van der Waals surface area contributed by atoms with E-state index in [0.717, 1.165) is 0 Å². The molecule has 4 heteroatoms. The van der Waals surface area contributed by atoms with Gasteiger partial charge in [-0.2, -0.15) is 0 Å². The standard InChI is InChI=1S/C10H16BrNO2/c1-10(2,3)14-9(13)12-6-4-5-8(11)7-12/h4-5,8H,6-7H2,1-3H3. The first-order valence-corrected chi connectivity index (χ1v) is 5.59. The molecular weight excluding hydrogens is 246 g/mol. The molecule has 0 aromatic carbocycles. The Morgan fingerprint density at radius 1 is 1.57 bits per heavy atom. The number of ether oxygens (including phenoxy) is 1. The van der Waals surface area contributed by atoms with Gasteiger partial charge >= 0.3 is 6.09 Å². The van der Waals surface area contributed by atoms with Crippen molar-refractivity contribution in [2.45, 2.75) is 31.2 Å². The minimum Gasteiger partial charge on any atom is -0.444 e. The van der Waals surface area contributed by atoms with Gasteiger partial charge in [0, 0.05) is 13.1 Å². The molecule has 1 amide bonds. The lowest BCUT2D eigenvalue weighted by Gasteiger charge is -2.29. The van der Waals surface area contributed by atoms with Crippen LogP contribution in [0.2, 0.25) is 0 Å². The van der Waals surface area contributed by atoms with Crippen molar-refractivity contribution in [1.82, 2.24) is 4.90 Å². The molecule has 1 aliphatic heterocycles. The average molecular weight is 262 g/mol. The molecule has 0 bridgehead atoms. The van der Waals surface area contributed by atoms with E-state index in [-0.39, 0.29) is 10.9 Å². The molecule has 0 aromatic heterocycles. The molecule has 0 aromatic rings. The first-order chi connectivity index (χ1) is 6.38. The minimum absolute atomic E-state index is 0.240. The summed E-state index contributed by atoms with van der Waals surface area (Å²) in [7, 11) is 0. The molecule has 1 unspecified atom stereocenters. The molecule has 0 spiro atoms. The van der Waals surface area contributed by atoms with E-state index in [9.17, 15) is 4.79 Å². The number of amides is 1. The van der Waals surface area contributed by atoms with Gasteiger partial charge in [0.2, 0.25) is 0 Å². The maximum atomic E-state index is 11.6. The Labute approximate surface area is 93.2 Å². The quantitative estimate of drug-likeness (QED) is 0.496. The summed E-state index contributed by atoms with van der Waals surface area (Å²) in [5.41, 5.74) is -0.417. The molecule has 3 nitrogen and oxygen atoms in total. The summed E-state index contributed by atoms with van der Waals surface area (Å²) in [6.07, 6.45) is 3.76. The zero-order valence-electron chi connectivity index (χ0n) is 8.79. The van der Waals surface area contributed by atoms with E-state index in [0.29, 0.717) is 13.1 Å². The molecule has 80 valence electrons. The fraction of sp³-hybridized carbons (Fsp3) is 0.700. The molecule has 0 radical (unpaired) electrons. The van der Waals surface area contributed by atoms with Crippen molar-refractivity contribution >= 4 is 22.0 Å². The van der Waals surface area contributed by atoms with Crippen molar-refractivity contribution in [2.24, 2.45) is 0 Å². The molecule has 1 aliphatic rings. The fourth-order valence-electron chi connectivity index (χ4n) is 1.16. The van der Waals surface area contributed by atoms with Crippen LogP contribution in [0.25, 0.3) is 0 Å². The number of alkyl halides is 1. The van der Waals surface area contributed by atoms with Gasteiger partial charge in [0.15, 0.2) is 0 Å². The predicted molar refractivity (Wildman–Crippen MR) is 59.7 cm³/mol. The highest BCUT2D eigenvalue weighted by molar-refractivity contribution is 9.09. The van der Waals surface area contributed by atoms with Crippen LogP contribution in [0.3, 0.4) is 0 Å². The van der Waals surface area contributed by atoms with Crippen molar-refractivity contribution in [3.63, 3.8) is 0 Å². The van der Waals surface area contributed by atoms with Gasteiger partial charge in [-0.15, -0.1) is 0 Å². The first kappa shape index (κ1) is 11.6. The van der Waals surface area contributed by atoms with Gasteiger partial charge in [-0.25, -0.2) is 4.79 Å². The molecule has 0 fully saturated rings. The number of hydrogen-bond acceptors (Lipinski definition) is 2. The van der Waals surface area contributed by atoms with Crippen molar-refractivity contribution < 1.29 is 9.53 Å². The number of hydrogen-bond donors (Lipinski definition) is 0. The topological polar surface area (TPSA) is 29.5 Å². The molecule has 1 rings (SSSR count). The Balaban J connectivity index is 2.50. The Kier molecular flexibility index (Phi) is 3.59. The van der Waals surface area contributed by atoms with Crippen molar-refractivity contribution in [3.8, 4) is 0 Å². The summed E-state index contributed by atoms with van der Waals surface area (Å²) in [6, 6.07) is 0. The molecule has 0 saturated heterocycles. The number of nitrogens with zero attached hydrogens (tertiary/aromatic N) is 1. The average Bonchev–Trinajstić information content (AvgIpc) is 2.01. The van der Waals surface area contributed by atoms with E-state index in [1.54, 1.807) is 4.90 Å². The van der Waals surface area contributed by atoms with E-state index in [2.05, 4.69) is 15.9 Å². The molecule has 14 heavy (non-hydrogen) atoms. The Bertz CT molecular complexity index is 245. The van der Waals surface area contributed by atoms with E-state index in [4.69, 9.17) is 4.74 Å². The molecule has 1 heterocycles. The van der Waals surface area contributed by atoms with Gasteiger partial charge < -0.3 is 9.64 Å². The lowest BCUT2D eigenvalue weighted by molar-refractivity contribution is 0.0271. The SMILES string of the molecule is CC(C)(C)OC(=O)N1CC=CC(Br)C1. The maximum absolute atomic E-state index is 11.6. The lowest BCUT2D eigenvalue weighted by Crippen LogP contribution is -2.41. The maximum Gasteiger partial charge on any atom is 0.410 e. The van der Waals surface area contributed by atoms with Crippen LogP contribution < -0.4 is 0 Å². The van der Waals surface area contributed by atoms with Gasteiger partial charge in [0.05, 0.1) is 4.83 Å². The van der Waals surface area contributed by atoms with Crippen LogP contribution in [0.4, 0.5) is 4.79 Å². The Morgan fingerprint density at radius 2 is 2.21 bits per heavy atom. The van der Waals surface area contributed by atoms with Gasteiger partial charge in [0.1, 0.15) is 5.60 Å². The Morgan fingerprint density at radius 3 is 2.71 bits per heavy atom. The van der Waals surface area contributed by atoms with Crippen molar-refractivity contribution in [3.05, 3.63) is 12.2 Å². The zero-order chi connectivity index (χ0) is 10.8. The molecule has 0 saturated carbocycles. The summed E-state index contributed by atoms with van der Waals surface area (Å²) < 4.78 is 5.26. The number of carbonyl (C=O) groups is 1. The fourth-order valence-corrected chi connectivity index (χ4v) is 1.72. The largest absolute Gasteiger partial charge is 0.444 e. The minimum atomic E-state index is -0.417. The summed E-state index contributed by atoms with van der Waals surface area (Å²) in [4.78, 5) is 13.5. The Hall–Kier alpha value is -0.510. The van der Waals surface area contributed by atoms with Crippen LogP contribution in [-0.2, 0) is 4.74 Å². The van der Waals surface area contributed by atoms with Crippen molar-refractivity contribution in [1.29, 1.82) is 0 Å². The number of halogens is 1. The van der Waals surface area contributed by atoms with E-state index in [1.807, 2.05) is 32.9 Å². The molecular formula is C10H16BrNO2. The lowest BCUT2D eigenvalue weighted by atomic mass is 10.2. The third kappa shape index (κ3) is 3.70. The normalized spacial score (nSPS) is 22.3. The predicted octanol–water partition coefficient (Wildman–Crippen LogP) is 2.56. The monoisotopic (exact) mass is 261 g/mol. The highest BCUT2D eigenvalue weighted by Crippen LogP contribution is 2.14. The molecule has 0 aliphatic carbocycles. The first-order valence-electron chi connectivity index (χ1n) is 4.67. The van der Waals surface area contributed by atoms with Gasteiger partial charge in [0.25, 0.3) is 0 Å². The van der Waals surface area contributed by atoms with Gasteiger partial charge in [-0.3, -0.25) is 0 Å². The highest BCUT2D eigenvalue weighted by Gasteiger charge is 2.24. The second-order valence-corrected chi connectivity index (χ2v) is 5.51. The van der Waals surface area contributed by atoms with Gasteiger partial charge in [-0.05, 0) is 20.8 Å². The number of rotatable bonds is 0. The smallest absolute Gasteiger partial charge is 0.410 e. The number of carbonyl (C=O) groups excluding carboxylic acids is 1. The summed E-state index contributed by atoms with van der Waals surface area (Å²) in [5, 5.41) is 0.